The van der Waals surface area contributed by atoms with Gasteiger partial charge in [-0.25, -0.2) is 0 Å². The molecule has 0 bridgehead atoms. The minimum atomic E-state index is -0.701. The number of Topliss-reactive ketones (excluding diaryl/α,β-unsaturated/α-hetero) is 1. The van der Waals surface area contributed by atoms with Gasteiger partial charge in [-0.15, -0.1) is 0 Å². The highest BCUT2D eigenvalue weighted by molar-refractivity contribution is 6.09. The van der Waals surface area contributed by atoms with Crippen molar-refractivity contribution in [3.05, 3.63) is 53.8 Å². The van der Waals surface area contributed by atoms with Gasteiger partial charge in [0.2, 0.25) is 0 Å². The second-order valence-electron chi connectivity index (χ2n) is 8.59. The van der Waals surface area contributed by atoms with Gasteiger partial charge in [0.15, 0.2) is 5.78 Å². The lowest BCUT2D eigenvalue weighted by atomic mass is 9.67. The van der Waals surface area contributed by atoms with E-state index < -0.39 is 23.8 Å². The Kier molecular flexibility index (Phi) is 6.06. The molecule has 6 heteroatoms. The molecule has 2 atom stereocenters. The van der Waals surface area contributed by atoms with Gasteiger partial charge in [0.25, 0.3) is 0 Å². The van der Waals surface area contributed by atoms with Crippen molar-refractivity contribution in [3.8, 4) is 5.75 Å². The first-order chi connectivity index (χ1) is 14.1. The van der Waals surface area contributed by atoms with E-state index in [0.29, 0.717) is 29.9 Å². The van der Waals surface area contributed by atoms with Crippen LogP contribution in [0.5, 0.6) is 5.75 Å². The van der Waals surface area contributed by atoms with E-state index in [-0.39, 0.29) is 17.8 Å². The zero-order valence-electron chi connectivity index (χ0n) is 17.9. The third-order valence-corrected chi connectivity index (χ3v) is 5.40. The zero-order valence-corrected chi connectivity index (χ0v) is 17.9. The number of carbonyl (C=O) groups is 3. The number of rotatable bonds is 5. The summed E-state index contributed by atoms with van der Waals surface area (Å²) in [5, 5.41) is 0. The Bertz CT molecular complexity index is 952. The molecule has 2 unspecified atom stereocenters. The predicted octanol–water partition coefficient (Wildman–Crippen LogP) is 4.16. The highest BCUT2D eigenvalue weighted by Crippen LogP contribution is 2.48. The number of esters is 2. The Morgan fingerprint density at radius 2 is 1.90 bits per heavy atom. The summed E-state index contributed by atoms with van der Waals surface area (Å²) < 4.78 is 10.5. The van der Waals surface area contributed by atoms with Crippen molar-refractivity contribution in [1.82, 2.24) is 0 Å². The lowest BCUT2D eigenvalue weighted by Gasteiger charge is -2.39. The van der Waals surface area contributed by atoms with Gasteiger partial charge in [0.05, 0.1) is 0 Å². The van der Waals surface area contributed by atoms with Crippen molar-refractivity contribution in [3.63, 3.8) is 0 Å². The van der Waals surface area contributed by atoms with Gasteiger partial charge in [-0.3, -0.25) is 19.4 Å². The van der Waals surface area contributed by atoms with E-state index in [1.807, 2.05) is 13.8 Å². The summed E-state index contributed by atoms with van der Waals surface area (Å²) in [6.07, 6.45) is 2.58. The number of ketones is 1. The average Bonchev–Trinajstić information content (AvgIpc) is 2.64. The highest BCUT2D eigenvalue weighted by Gasteiger charge is 2.45. The van der Waals surface area contributed by atoms with Crippen LogP contribution in [0.2, 0.25) is 0 Å². The average molecular weight is 409 g/mol. The van der Waals surface area contributed by atoms with Crippen LogP contribution in [0.4, 0.5) is 0 Å². The summed E-state index contributed by atoms with van der Waals surface area (Å²) in [6, 6.07) is 6.91. The second kappa shape index (κ2) is 8.38. The van der Waals surface area contributed by atoms with Gasteiger partial charge in [-0.1, -0.05) is 38.6 Å². The zero-order chi connectivity index (χ0) is 22.1. The van der Waals surface area contributed by atoms with Gasteiger partial charge < -0.3 is 9.47 Å². The molecule has 0 saturated carbocycles. The molecular weight excluding hydrogens is 382 g/mol. The van der Waals surface area contributed by atoms with Crippen LogP contribution in [0.15, 0.2) is 53.2 Å². The molecule has 1 heterocycles. The Labute approximate surface area is 176 Å². The van der Waals surface area contributed by atoms with Gasteiger partial charge in [0.1, 0.15) is 18.3 Å². The molecule has 0 aromatic heterocycles. The van der Waals surface area contributed by atoms with Crippen molar-refractivity contribution in [2.45, 2.75) is 46.5 Å². The van der Waals surface area contributed by atoms with Gasteiger partial charge in [-0.05, 0) is 36.5 Å². The summed E-state index contributed by atoms with van der Waals surface area (Å²) in [6.45, 7) is 10.9. The number of ether oxygens (including phenoxy) is 2. The number of aliphatic imine (C=N–C) groups is 1. The number of hydrogen-bond donors (Lipinski definition) is 0. The molecule has 2 aliphatic rings. The Hall–Kier alpha value is -3.02. The molecule has 3 rings (SSSR count). The lowest BCUT2D eigenvalue weighted by molar-refractivity contribution is -0.145. The molecule has 1 aliphatic heterocycles. The van der Waals surface area contributed by atoms with Crippen LogP contribution in [0.25, 0.3) is 0 Å². The maximum Gasteiger partial charge on any atom is 0.315 e. The fourth-order valence-corrected chi connectivity index (χ4v) is 4.25. The van der Waals surface area contributed by atoms with E-state index in [9.17, 15) is 14.4 Å². The molecule has 6 nitrogen and oxygen atoms in total. The summed E-state index contributed by atoms with van der Waals surface area (Å²) in [4.78, 5) is 42.0. The first-order valence-corrected chi connectivity index (χ1v) is 10.0. The van der Waals surface area contributed by atoms with Crippen molar-refractivity contribution in [1.29, 1.82) is 0 Å². The largest absolute Gasteiger partial charge is 0.461 e. The van der Waals surface area contributed by atoms with Crippen LogP contribution in [0.3, 0.4) is 0 Å². The van der Waals surface area contributed by atoms with Crippen LogP contribution >= 0.6 is 0 Å². The molecule has 0 amide bonds. The smallest absolute Gasteiger partial charge is 0.315 e. The molecule has 1 aromatic carbocycles. The van der Waals surface area contributed by atoms with Crippen molar-refractivity contribution in [2.75, 3.05) is 6.61 Å². The molecule has 158 valence electrons. The third kappa shape index (κ3) is 4.42. The van der Waals surface area contributed by atoms with E-state index >= 15 is 0 Å². The number of hydrogen-bond acceptors (Lipinski definition) is 6. The first-order valence-electron chi connectivity index (χ1n) is 10.0. The summed E-state index contributed by atoms with van der Waals surface area (Å²) >= 11 is 0. The third-order valence-electron chi connectivity index (χ3n) is 5.40. The van der Waals surface area contributed by atoms with Crippen LogP contribution in [0.1, 0.15) is 52.0 Å². The molecule has 0 radical (unpaired) electrons. The summed E-state index contributed by atoms with van der Waals surface area (Å²) in [5.74, 6) is -1.63. The van der Waals surface area contributed by atoms with Gasteiger partial charge in [0, 0.05) is 36.2 Å². The number of allylic oxidation sites excluding steroid dienone is 2. The van der Waals surface area contributed by atoms with Crippen LogP contribution in [-0.2, 0) is 19.1 Å². The second-order valence-corrected chi connectivity index (χ2v) is 8.59. The van der Waals surface area contributed by atoms with E-state index in [1.165, 1.54) is 13.0 Å². The normalized spacial score (nSPS) is 22.7. The van der Waals surface area contributed by atoms with Crippen molar-refractivity contribution in [2.24, 2.45) is 16.3 Å². The monoisotopic (exact) mass is 409 g/mol. The van der Waals surface area contributed by atoms with Crippen LogP contribution in [0, 0.1) is 11.3 Å². The predicted molar refractivity (Wildman–Crippen MR) is 113 cm³/mol. The number of benzene rings is 1. The molecule has 1 aromatic rings. The molecule has 0 fully saturated rings. The summed E-state index contributed by atoms with van der Waals surface area (Å²) in [7, 11) is 0. The fourth-order valence-electron chi connectivity index (χ4n) is 4.25. The number of carbonyl (C=O) groups excluding carboxylic acids is 3. The lowest BCUT2D eigenvalue weighted by Crippen LogP contribution is -2.39. The fraction of sp³-hybridized carbons (Fsp3) is 0.417. The molecule has 30 heavy (non-hydrogen) atoms. The first kappa shape index (κ1) is 21.7. The molecule has 0 N–H and O–H groups in total. The van der Waals surface area contributed by atoms with Gasteiger partial charge in [-0.2, -0.15) is 0 Å². The number of nitrogens with zero attached hydrogens (tertiary/aromatic N) is 1. The van der Waals surface area contributed by atoms with E-state index in [1.54, 1.807) is 31.2 Å². The van der Waals surface area contributed by atoms with Crippen LogP contribution in [-0.4, -0.2) is 30.0 Å². The SMILES string of the molecule is C=CCOC(=O)C1C(C)=NC2=C(C(=O)CC(C)(C)C2)C1c1ccc(OC(C)=O)cc1. The molecule has 0 saturated heterocycles. The van der Waals surface area contributed by atoms with Crippen molar-refractivity contribution >= 4 is 23.4 Å². The van der Waals surface area contributed by atoms with Crippen LogP contribution < -0.4 is 4.74 Å². The maximum atomic E-state index is 13.2. The topological polar surface area (TPSA) is 82.0 Å². The Morgan fingerprint density at radius 3 is 2.50 bits per heavy atom. The van der Waals surface area contributed by atoms with E-state index in [4.69, 9.17) is 9.47 Å². The highest BCUT2D eigenvalue weighted by atomic mass is 16.5. The standard InChI is InChI=1S/C24H27NO5/c1-6-11-29-23(28)20-14(2)25-18-12-24(4,5)13-19(27)22(18)21(20)16-7-9-17(10-8-16)30-15(3)26/h6-10,20-21H,1,11-13H2,2-5H3. The molecular formula is C24H27NO5. The minimum Gasteiger partial charge on any atom is -0.461 e. The summed E-state index contributed by atoms with van der Waals surface area (Å²) in [5.41, 5.74) is 2.56. The maximum absolute atomic E-state index is 13.2. The molecule has 1 aliphatic carbocycles. The van der Waals surface area contributed by atoms with Crippen molar-refractivity contribution < 1.29 is 23.9 Å². The van der Waals surface area contributed by atoms with Gasteiger partial charge >= 0.3 is 11.9 Å². The van der Waals surface area contributed by atoms with E-state index in [0.717, 1.165) is 11.3 Å². The Morgan fingerprint density at radius 1 is 1.23 bits per heavy atom. The quantitative estimate of drug-likeness (QED) is 0.414. The van der Waals surface area contributed by atoms with E-state index in [2.05, 4.69) is 11.6 Å². The minimum absolute atomic E-state index is 0.00748. The molecule has 0 spiro atoms. The Balaban J connectivity index is 2.09.